The van der Waals surface area contributed by atoms with Crippen molar-refractivity contribution in [2.24, 2.45) is 5.92 Å². The maximum absolute atomic E-state index is 13.2. The van der Waals surface area contributed by atoms with E-state index in [1.54, 1.807) is 6.07 Å². The first-order valence-corrected chi connectivity index (χ1v) is 12.8. The van der Waals surface area contributed by atoms with Crippen LogP contribution in [0.25, 0.3) is 0 Å². The summed E-state index contributed by atoms with van der Waals surface area (Å²) in [4.78, 5) is 25.5. The van der Waals surface area contributed by atoms with Crippen LogP contribution in [0.4, 0.5) is 0 Å². The number of esters is 1. The molecule has 170 valence electrons. The number of nitrogens with one attached hydrogen (secondary N) is 1. The number of sulfonamides is 1. The minimum absolute atomic E-state index is 0.168. The average molecular weight is 449 g/mol. The van der Waals surface area contributed by atoms with Crippen LogP contribution in [-0.4, -0.2) is 50.3 Å². The summed E-state index contributed by atoms with van der Waals surface area (Å²) in [5.74, 6) is -0.846. The van der Waals surface area contributed by atoms with E-state index in [-0.39, 0.29) is 17.8 Å². The molecule has 1 aliphatic heterocycles. The van der Waals surface area contributed by atoms with Crippen molar-refractivity contribution < 1.29 is 22.7 Å². The molecule has 1 saturated heterocycles. The van der Waals surface area contributed by atoms with Gasteiger partial charge in [0.1, 0.15) is 5.54 Å². The fourth-order valence-corrected chi connectivity index (χ4v) is 6.79. The van der Waals surface area contributed by atoms with Gasteiger partial charge in [0.2, 0.25) is 15.9 Å². The van der Waals surface area contributed by atoms with Gasteiger partial charge >= 0.3 is 5.97 Å². The van der Waals surface area contributed by atoms with E-state index in [0.29, 0.717) is 43.7 Å². The second-order valence-corrected chi connectivity index (χ2v) is 11.0. The predicted octanol–water partition coefficient (Wildman–Crippen LogP) is 2.57. The number of fused-ring (bicyclic) bond motifs is 1. The van der Waals surface area contributed by atoms with Crippen LogP contribution in [0, 0.1) is 5.92 Å². The summed E-state index contributed by atoms with van der Waals surface area (Å²) < 4.78 is 32.8. The largest absolute Gasteiger partial charge is 0.467 e. The van der Waals surface area contributed by atoms with E-state index in [4.69, 9.17) is 4.74 Å². The number of carbonyl (C=O) groups is 2. The molecule has 3 aliphatic rings. The normalized spacial score (nSPS) is 22.0. The predicted molar refractivity (Wildman–Crippen MR) is 116 cm³/mol. The second kappa shape index (κ2) is 8.90. The van der Waals surface area contributed by atoms with Gasteiger partial charge in [0.25, 0.3) is 0 Å². The van der Waals surface area contributed by atoms with Crippen molar-refractivity contribution in [2.45, 2.75) is 74.6 Å². The van der Waals surface area contributed by atoms with Crippen molar-refractivity contribution in [3.8, 4) is 0 Å². The number of aryl methyl sites for hydroxylation is 2. The van der Waals surface area contributed by atoms with Gasteiger partial charge in [-0.3, -0.25) is 4.79 Å². The summed E-state index contributed by atoms with van der Waals surface area (Å²) in [5.41, 5.74) is 1.48. The summed E-state index contributed by atoms with van der Waals surface area (Å²) >= 11 is 0. The van der Waals surface area contributed by atoms with Crippen LogP contribution in [0.3, 0.4) is 0 Å². The van der Waals surface area contributed by atoms with Gasteiger partial charge in [0.05, 0.1) is 12.0 Å². The highest BCUT2D eigenvalue weighted by Crippen LogP contribution is 2.33. The zero-order valence-electron chi connectivity index (χ0n) is 18.2. The highest BCUT2D eigenvalue weighted by atomic mass is 32.2. The number of hydrogen-bond donors (Lipinski definition) is 1. The first-order chi connectivity index (χ1) is 14.9. The molecule has 1 saturated carbocycles. The van der Waals surface area contributed by atoms with E-state index in [1.807, 2.05) is 12.1 Å². The zero-order chi connectivity index (χ0) is 22.1. The lowest BCUT2D eigenvalue weighted by molar-refractivity contribution is -0.151. The molecule has 2 aliphatic carbocycles. The molecule has 2 fully saturated rings. The standard InChI is InChI=1S/C23H32N2O5S/c1-30-22(27)23(12-4-5-13-23)24-21(26)18-10-14-25(15-11-18)31(28,29)20-9-8-17-6-2-3-7-19(17)16-20/h8-9,16,18H,2-7,10-15H2,1H3,(H,24,26). The Labute approximate surface area is 184 Å². The third-order valence-electron chi connectivity index (χ3n) is 7.18. The minimum Gasteiger partial charge on any atom is -0.467 e. The number of amides is 1. The minimum atomic E-state index is -3.57. The van der Waals surface area contributed by atoms with Crippen LogP contribution < -0.4 is 5.32 Å². The number of piperidine rings is 1. The number of rotatable bonds is 5. The molecule has 7 nitrogen and oxygen atoms in total. The molecule has 8 heteroatoms. The molecule has 31 heavy (non-hydrogen) atoms. The van der Waals surface area contributed by atoms with Gasteiger partial charge in [-0.05, 0) is 74.6 Å². The molecule has 0 aromatic heterocycles. The van der Waals surface area contributed by atoms with Crippen LogP contribution >= 0.6 is 0 Å². The van der Waals surface area contributed by atoms with Crippen molar-refractivity contribution in [1.29, 1.82) is 0 Å². The Bertz CT molecular complexity index is 945. The maximum Gasteiger partial charge on any atom is 0.331 e. The summed E-state index contributed by atoms with van der Waals surface area (Å²) in [6.07, 6.45) is 8.07. The van der Waals surface area contributed by atoms with E-state index < -0.39 is 15.6 Å². The molecular formula is C23H32N2O5S. The third kappa shape index (κ3) is 4.37. The monoisotopic (exact) mass is 448 g/mol. The van der Waals surface area contributed by atoms with Crippen LogP contribution in [0.5, 0.6) is 0 Å². The van der Waals surface area contributed by atoms with E-state index in [2.05, 4.69) is 5.32 Å². The van der Waals surface area contributed by atoms with Crippen molar-refractivity contribution in [3.05, 3.63) is 29.3 Å². The highest BCUT2D eigenvalue weighted by molar-refractivity contribution is 7.89. The molecule has 0 radical (unpaired) electrons. The molecule has 1 aromatic rings. The summed E-state index contributed by atoms with van der Waals surface area (Å²) in [5, 5.41) is 2.95. The Morgan fingerprint density at radius 1 is 1.03 bits per heavy atom. The zero-order valence-corrected chi connectivity index (χ0v) is 19.0. The maximum atomic E-state index is 13.2. The molecule has 1 N–H and O–H groups in total. The van der Waals surface area contributed by atoms with Gasteiger partial charge in [0.15, 0.2) is 0 Å². The van der Waals surface area contributed by atoms with Crippen molar-refractivity contribution >= 4 is 21.9 Å². The van der Waals surface area contributed by atoms with Gasteiger partial charge < -0.3 is 10.1 Å². The smallest absolute Gasteiger partial charge is 0.331 e. The topological polar surface area (TPSA) is 92.8 Å². The van der Waals surface area contributed by atoms with E-state index in [0.717, 1.165) is 44.1 Å². The van der Waals surface area contributed by atoms with Gasteiger partial charge in [-0.15, -0.1) is 0 Å². The first-order valence-electron chi connectivity index (χ1n) is 11.4. The summed E-state index contributed by atoms with van der Waals surface area (Å²) in [6.45, 7) is 0.617. The molecule has 0 spiro atoms. The SMILES string of the molecule is COC(=O)C1(NC(=O)C2CCN(S(=O)(=O)c3ccc4c(c3)CCCC4)CC2)CCCC1. The summed E-state index contributed by atoms with van der Waals surface area (Å²) in [7, 11) is -2.22. The first kappa shape index (κ1) is 22.3. The van der Waals surface area contributed by atoms with Gasteiger partial charge in [-0.2, -0.15) is 4.31 Å². The molecule has 0 unspecified atom stereocenters. The molecule has 4 rings (SSSR count). The van der Waals surface area contributed by atoms with E-state index in [9.17, 15) is 18.0 Å². The van der Waals surface area contributed by atoms with Crippen molar-refractivity contribution in [3.63, 3.8) is 0 Å². The van der Waals surface area contributed by atoms with Crippen LogP contribution in [-0.2, 0) is 37.2 Å². The van der Waals surface area contributed by atoms with E-state index in [1.165, 1.54) is 17.0 Å². The number of methoxy groups -OCH3 is 1. The van der Waals surface area contributed by atoms with Crippen molar-refractivity contribution in [1.82, 2.24) is 9.62 Å². The Morgan fingerprint density at radius 3 is 2.32 bits per heavy atom. The number of ether oxygens (including phenoxy) is 1. The lowest BCUT2D eigenvalue weighted by Gasteiger charge is -2.33. The fraction of sp³-hybridized carbons (Fsp3) is 0.652. The molecule has 0 bridgehead atoms. The quantitative estimate of drug-likeness (QED) is 0.699. The Hall–Kier alpha value is -1.93. The van der Waals surface area contributed by atoms with Gasteiger partial charge in [-0.1, -0.05) is 18.9 Å². The van der Waals surface area contributed by atoms with Crippen LogP contribution in [0.2, 0.25) is 0 Å². The Kier molecular flexibility index (Phi) is 6.40. The molecule has 0 atom stereocenters. The lowest BCUT2D eigenvalue weighted by atomic mass is 9.92. The summed E-state index contributed by atoms with van der Waals surface area (Å²) in [6, 6.07) is 5.51. The van der Waals surface area contributed by atoms with Crippen molar-refractivity contribution in [2.75, 3.05) is 20.2 Å². The number of hydrogen-bond acceptors (Lipinski definition) is 5. The Morgan fingerprint density at radius 2 is 1.68 bits per heavy atom. The number of nitrogens with zero attached hydrogens (tertiary/aromatic N) is 1. The average Bonchev–Trinajstić information content (AvgIpc) is 3.27. The Balaban J connectivity index is 1.40. The molecular weight excluding hydrogens is 416 g/mol. The second-order valence-electron chi connectivity index (χ2n) is 9.09. The number of carbonyl (C=O) groups excluding carboxylic acids is 2. The number of benzene rings is 1. The van der Waals surface area contributed by atoms with Crippen LogP contribution in [0.15, 0.2) is 23.1 Å². The van der Waals surface area contributed by atoms with Gasteiger partial charge in [0, 0.05) is 19.0 Å². The lowest BCUT2D eigenvalue weighted by Crippen LogP contribution is -2.55. The van der Waals surface area contributed by atoms with E-state index >= 15 is 0 Å². The molecule has 1 heterocycles. The highest BCUT2D eigenvalue weighted by Gasteiger charge is 2.45. The van der Waals surface area contributed by atoms with Crippen LogP contribution in [0.1, 0.15) is 62.5 Å². The van der Waals surface area contributed by atoms with Gasteiger partial charge in [-0.25, -0.2) is 13.2 Å². The molecule has 1 aromatic carbocycles. The third-order valence-corrected chi connectivity index (χ3v) is 9.07. The molecule has 1 amide bonds. The fourth-order valence-electron chi connectivity index (χ4n) is 5.27.